The second-order valence-corrected chi connectivity index (χ2v) is 10.2. The zero-order valence-corrected chi connectivity index (χ0v) is 18.6. The van der Waals surface area contributed by atoms with Crippen LogP contribution in [-0.4, -0.2) is 62.4 Å². The molecule has 1 aliphatic carbocycles. The Kier molecular flexibility index (Phi) is 6.71. The van der Waals surface area contributed by atoms with Crippen molar-refractivity contribution in [2.75, 3.05) is 38.2 Å². The van der Waals surface area contributed by atoms with Gasteiger partial charge in [-0.15, -0.1) is 0 Å². The number of aryl methyl sites for hydroxylation is 1. The molecule has 8 heteroatoms. The molecule has 2 fully saturated rings. The number of amides is 1. The van der Waals surface area contributed by atoms with Gasteiger partial charge in [0, 0.05) is 31.4 Å². The highest BCUT2D eigenvalue weighted by Gasteiger charge is 2.30. The quantitative estimate of drug-likeness (QED) is 0.679. The van der Waals surface area contributed by atoms with Crippen LogP contribution >= 0.6 is 0 Å². The highest BCUT2D eigenvalue weighted by molar-refractivity contribution is 7.89. The summed E-state index contributed by atoms with van der Waals surface area (Å²) in [5.41, 5.74) is 2.89. The molecule has 1 heterocycles. The molecule has 31 heavy (non-hydrogen) atoms. The van der Waals surface area contributed by atoms with Crippen molar-refractivity contribution in [2.45, 2.75) is 37.2 Å². The molecule has 1 saturated carbocycles. The largest absolute Gasteiger partial charge is 0.379 e. The van der Waals surface area contributed by atoms with Gasteiger partial charge in [0.05, 0.1) is 24.7 Å². The van der Waals surface area contributed by atoms with Gasteiger partial charge in [-0.3, -0.25) is 9.69 Å². The van der Waals surface area contributed by atoms with Crippen molar-refractivity contribution in [3.05, 3.63) is 59.7 Å². The van der Waals surface area contributed by atoms with Gasteiger partial charge in [-0.05, 0) is 43.5 Å². The third-order valence-electron chi connectivity index (χ3n) is 5.64. The number of rotatable bonds is 8. The third kappa shape index (κ3) is 5.71. The number of morpholine rings is 1. The van der Waals surface area contributed by atoms with Crippen molar-refractivity contribution in [3.63, 3.8) is 0 Å². The van der Waals surface area contributed by atoms with Gasteiger partial charge < -0.3 is 10.1 Å². The van der Waals surface area contributed by atoms with Gasteiger partial charge in [0.25, 0.3) is 0 Å². The summed E-state index contributed by atoms with van der Waals surface area (Å²) in [7, 11) is -3.60. The van der Waals surface area contributed by atoms with Crippen LogP contribution < -0.4 is 5.32 Å². The summed E-state index contributed by atoms with van der Waals surface area (Å²) in [6, 6.07) is 15.3. The molecule has 0 radical (unpaired) electrons. The molecule has 1 saturated heterocycles. The predicted molar refractivity (Wildman–Crippen MR) is 119 cm³/mol. The van der Waals surface area contributed by atoms with Crippen LogP contribution in [0.3, 0.4) is 0 Å². The van der Waals surface area contributed by atoms with Crippen molar-refractivity contribution in [2.24, 2.45) is 0 Å². The van der Waals surface area contributed by atoms with E-state index in [9.17, 15) is 13.2 Å². The van der Waals surface area contributed by atoms with Crippen molar-refractivity contribution in [1.82, 2.24) is 9.21 Å². The van der Waals surface area contributed by atoms with E-state index in [0.29, 0.717) is 38.0 Å². The van der Waals surface area contributed by atoms with Crippen LogP contribution in [0.1, 0.15) is 24.0 Å². The molecule has 1 amide bonds. The number of nitrogens with one attached hydrogen (secondary N) is 1. The van der Waals surface area contributed by atoms with Crippen LogP contribution in [0.5, 0.6) is 0 Å². The van der Waals surface area contributed by atoms with E-state index >= 15 is 0 Å². The molecule has 166 valence electrons. The van der Waals surface area contributed by atoms with Gasteiger partial charge in [-0.25, -0.2) is 8.42 Å². The highest BCUT2D eigenvalue weighted by Crippen LogP contribution is 2.28. The lowest BCUT2D eigenvalue weighted by molar-refractivity contribution is -0.117. The van der Waals surface area contributed by atoms with Crippen molar-refractivity contribution in [3.8, 4) is 0 Å². The maximum atomic E-state index is 12.9. The second kappa shape index (κ2) is 9.48. The Morgan fingerprint density at radius 1 is 1.13 bits per heavy atom. The number of hydrogen-bond donors (Lipinski definition) is 1. The number of sulfonamides is 1. The number of ether oxygens (including phenoxy) is 1. The van der Waals surface area contributed by atoms with Crippen LogP contribution in [0.25, 0.3) is 0 Å². The van der Waals surface area contributed by atoms with E-state index in [1.807, 2.05) is 0 Å². The Labute approximate surface area is 184 Å². The Morgan fingerprint density at radius 3 is 2.52 bits per heavy atom. The fraction of sp³-hybridized carbons (Fsp3) is 0.435. The molecule has 1 N–H and O–H groups in total. The molecule has 2 aromatic rings. The summed E-state index contributed by atoms with van der Waals surface area (Å²) in [6.07, 6.45) is 2.21. The molecular weight excluding hydrogens is 414 g/mol. The first-order valence-electron chi connectivity index (χ1n) is 10.7. The van der Waals surface area contributed by atoms with E-state index < -0.39 is 10.0 Å². The smallest absolute Gasteiger partial charge is 0.243 e. The standard InChI is InChI=1S/C23H29N3O4S/c1-18-5-7-19(8-6-18)16-25(21-9-10-21)17-23(27)24-20-3-2-4-22(15-20)31(28,29)26-11-13-30-14-12-26/h2-8,15,21H,9-14,16-17H2,1H3,(H,24,27). The molecule has 2 aromatic carbocycles. The zero-order chi connectivity index (χ0) is 21.8. The number of nitrogens with zero attached hydrogens (tertiary/aromatic N) is 2. The zero-order valence-electron chi connectivity index (χ0n) is 17.8. The number of carbonyl (C=O) groups is 1. The Balaban J connectivity index is 1.40. The first-order chi connectivity index (χ1) is 14.9. The molecule has 0 spiro atoms. The van der Waals surface area contributed by atoms with Gasteiger partial charge in [-0.2, -0.15) is 4.31 Å². The van der Waals surface area contributed by atoms with Crippen LogP contribution in [0.15, 0.2) is 53.4 Å². The molecule has 0 bridgehead atoms. The SMILES string of the molecule is Cc1ccc(CN(CC(=O)Nc2cccc(S(=O)(=O)N3CCOCC3)c2)C2CC2)cc1. The predicted octanol–water partition coefficient (Wildman–Crippen LogP) is 2.62. The number of anilines is 1. The first kappa shape index (κ1) is 22.0. The van der Waals surface area contributed by atoms with Crippen LogP contribution in [0.4, 0.5) is 5.69 Å². The third-order valence-corrected chi connectivity index (χ3v) is 7.54. The average Bonchev–Trinajstić information content (AvgIpc) is 3.61. The van der Waals surface area contributed by atoms with Crippen LogP contribution in [0.2, 0.25) is 0 Å². The summed E-state index contributed by atoms with van der Waals surface area (Å²) in [5.74, 6) is -0.139. The fourth-order valence-electron chi connectivity index (χ4n) is 3.74. The molecule has 0 aromatic heterocycles. The van der Waals surface area contributed by atoms with E-state index in [4.69, 9.17) is 4.74 Å². The van der Waals surface area contributed by atoms with E-state index in [1.165, 1.54) is 21.5 Å². The van der Waals surface area contributed by atoms with Gasteiger partial charge in [0.15, 0.2) is 0 Å². The van der Waals surface area contributed by atoms with E-state index in [0.717, 1.165) is 19.4 Å². The highest BCUT2D eigenvalue weighted by atomic mass is 32.2. The number of hydrogen-bond acceptors (Lipinski definition) is 5. The lowest BCUT2D eigenvalue weighted by Crippen LogP contribution is -2.40. The number of benzene rings is 2. The molecule has 2 aliphatic rings. The average molecular weight is 444 g/mol. The Hall–Kier alpha value is -2.26. The van der Waals surface area contributed by atoms with E-state index in [1.54, 1.807) is 18.2 Å². The summed E-state index contributed by atoms with van der Waals surface area (Å²) >= 11 is 0. The van der Waals surface area contributed by atoms with Crippen molar-refractivity contribution >= 4 is 21.6 Å². The van der Waals surface area contributed by atoms with Crippen molar-refractivity contribution < 1.29 is 17.9 Å². The van der Waals surface area contributed by atoms with Crippen LogP contribution in [0, 0.1) is 6.92 Å². The molecule has 4 rings (SSSR count). The lowest BCUT2D eigenvalue weighted by Gasteiger charge is -2.26. The van der Waals surface area contributed by atoms with Crippen LogP contribution in [-0.2, 0) is 26.1 Å². The van der Waals surface area contributed by atoms with E-state index in [-0.39, 0.29) is 17.3 Å². The molecule has 1 aliphatic heterocycles. The number of carbonyl (C=O) groups excluding carboxylic acids is 1. The molecule has 7 nitrogen and oxygen atoms in total. The fourth-order valence-corrected chi connectivity index (χ4v) is 5.19. The summed E-state index contributed by atoms with van der Waals surface area (Å²) in [5, 5.41) is 2.88. The van der Waals surface area contributed by atoms with Gasteiger partial charge in [0.2, 0.25) is 15.9 Å². The maximum absolute atomic E-state index is 12.9. The molecule has 0 atom stereocenters. The molecular formula is C23H29N3O4S. The second-order valence-electron chi connectivity index (χ2n) is 8.21. The minimum absolute atomic E-state index is 0.139. The Morgan fingerprint density at radius 2 is 1.84 bits per heavy atom. The summed E-state index contributed by atoms with van der Waals surface area (Å²) in [4.78, 5) is 15.1. The molecule has 0 unspecified atom stereocenters. The minimum atomic E-state index is -3.60. The summed E-state index contributed by atoms with van der Waals surface area (Å²) in [6.45, 7) is 4.54. The maximum Gasteiger partial charge on any atom is 0.243 e. The topological polar surface area (TPSA) is 79.0 Å². The van der Waals surface area contributed by atoms with Gasteiger partial charge in [0.1, 0.15) is 0 Å². The minimum Gasteiger partial charge on any atom is -0.379 e. The lowest BCUT2D eigenvalue weighted by atomic mass is 10.1. The van der Waals surface area contributed by atoms with Gasteiger partial charge >= 0.3 is 0 Å². The summed E-state index contributed by atoms with van der Waals surface area (Å²) < 4.78 is 32.4. The van der Waals surface area contributed by atoms with Gasteiger partial charge in [-0.1, -0.05) is 35.9 Å². The monoisotopic (exact) mass is 443 g/mol. The Bertz CT molecular complexity index is 1010. The normalized spacial score (nSPS) is 17.6. The van der Waals surface area contributed by atoms with Crippen molar-refractivity contribution in [1.29, 1.82) is 0 Å². The van der Waals surface area contributed by atoms with E-state index in [2.05, 4.69) is 41.4 Å². The first-order valence-corrected chi connectivity index (χ1v) is 12.1.